The molecule has 1 N–H and O–H groups in total. The number of para-hydroxylation sites is 1. The molecule has 0 radical (unpaired) electrons. The number of nitrogens with one attached hydrogen (secondary N) is 1. The number of halogens is 3. The van der Waals surface area contributed by atoms with Gasteiger partial charge in [-0.05, 0) is 43.0 Å². The number of hydrogen-bond donors (Lipinski definition) is 1. The fourth-order valence-corrected chi connectivity index (χ4v) is 5.24. The monoisotopic (exact) mass is 498 g/mol. The standard InChI is InChI=1S/C27H29F3N4O2/c28-27(29,30)36-21-12-10-18(11-13-21)16-24(35)34-15-14-20(17-34)31-26-32-23-9-5-4-8-22(23)25(33-26)19-6-2-1-3-7-19/h4-5,8-13,19-20H,1-3,6-7,14-17H2,(H,31,32,33)/t20-/m0/s1. The van der Waals surface area contributed by atoms with E-state index in [0.29, 0.717) is 30.5 Å². The normalized spacial score (nSPS) is 19.0. The number of alkyl halides is 3. The highest BCUT2D eigenvalue weighted by Gasteiger charge is 2.31. The summed E-state index contributed by atoms with van der Waals surface area (Å²) in [6.07, 6.45) is 2.19. The van der Waals surface area contributed by atoms with Crippen LogP contribution in [0.2, 0.25) is 0 Å². The van der Waals surface area contributed by atoms with Gasteiger partial charge in [-0.2, -0.15) is 0 Å². The number of likely N-dealkylation sites (tertiary alicyclic amines) is 1. The fraction of sp³-hybridized carbons (Fsp3) is 0.444. The number of nitrogens with zero attached hydrogens (tertiary/aromatic N) is 3. The Morgan fingerprint density at radius 1 is 1.00 bits per heavy atom. The Hall–Kier alpha value is -3.36. The molecule has 0 spiro atoms. The number of anilines is 1. The van der Waals surface area contributed by atoms with Crippen LogP contribution in [0.3, 0.4) is 0 Å². The Morgan fingerprint density at radius 3 is 2.50 bits per heavy atom. The molecule has 1 saturated heterocycles. The van der Waals surface area contributed by atoms with Gasteiger partial charge in [0.2, 0.25) is 11.9 Å². The second kappa shape index (κ2) is 10.3. The van der Waals surface area contributed by atoms with Crippen LogP contribution in [0.5, 0.6) is 5.75 Å². The number of benzene rings is 2. The van der Waals surface area contributed by atoms with E-state index in [2.05, 4.69) is 16.1 Å². The summed E-state index contributed by atoms with van der Waals surface area (Å²) in [6, 6.07) is 13.6. The van der Waals surface area contributed by atoms with Gasteiger partial charge in [-0.15, -0.1) is 13.2 Å². The lowest BCUT2D eigenvalue weighted by Crippen LogP contribution is -2.33. The molecule has 2 aliphatic rings. The summed E-state index contributed by atoms with van der Waals surface area (Å²) < 4.78 is 40.9. The molecule has 36 heavy (non-hydrogen) atoms. The van der Waals surface area contributed by atoms with Gasteiger partial charge in [0.1, 0.15) is 5.75 Å². The number of carbonyl (C=O) groups excluding carboxylic acids is 1. The number of fused-ring (bicyclic) bond motifs is 1. The van der Waals surface area contributed by atoms with E-state index in [1.54, 1.807) is 4.90 Å². The minimum atomic E-state index is -4.74. The smallest absolute Gasteiger partial charge is 0.406 e. The summed E-state index contributed by atoms with van der Waals surface area (Å²) in [5.74, 6) is 0.689. The Balaban J connectivity index is 1.22. The molecule has 0 bridgehead atoms. The molecular formula is C27H29F3N4O2. The van der Waals surface area contributed by atoms with E-state index in [9.17, 15) is 18.0 Å². The minimum Gasteiger partial charge on any atom is -0.406 e. The molecule has 190 valence electrons. The van der Waals surface area contributed by atoms with E-state index in [-0.39, 0.29) is 24.1 Å². The van der Waals surface area contributed by atoms with Crippen molar-refractivity contribution < 1.29 is 22.7 Å². The lowest BCUT2D eigenvalue weighted by molar-refractivity contribution is -0.274. The van der Waals surface area contributed by atoms with Crippen LogP contribution in [0, 0.1) is 0 Å². The van der Waals surface area contributed by atoms with Gasteiger partial charge in [0.25, 0.3) is 0 Å². The van der Waals surface area contributed by atoms with Gasteiger partial charge >= 0.3 is 6.36 Å². The van der Waals surface area contributed by atoms with E-state index < -0.39 is 6.36 Å². The van der Waals surface area contributed by atoms with Crippen molar-refractivity contribution in [3.8, 4) is 5.75 Å². The second-order valence-corrected chi connectivity index (χ2v) is 9.62. The zero-order valence-corrected chi connectivity index (χ0v) is 19.9. The van der Waals surface area contributed by atoms with Crippen LogP contribution >= 0.6 is 0 Å². The van der Waals surface area contributed by atoms with E-state index in [1.165, 1.54) is 43.5 Å². The average Bonchev–Trinajstić information content (AvgIpc) is 3.33. The van der Waals surface area contributed by atoms with Gasteiger partial charge in [-0.1, -0.05) is 49.6 Å². The van der Waals surface area contributed by atoms with Crippen LogP contribution in [0.25, 0.3) is 10.9 Å². The molecule has 6 nitrogen and oxygen atoms in total. The predicted molar refractivity (Wildman–Crippen MR) is 131 cm³/mol. The summed E-state index contributed by atoms with van der Waals surface area (Å²) >= 11 is 0. The first-order valence-electron chi connectivity index (χ1n) is 12.5. The van der Waals surface area contributed by atoms with E-state index in [4.69, 9.17) is 9.97 Å². The first kappa shape index (κ1) is 24.3. The maximum Gasteiger partial charge on any atom is 0.573 e. The first-order valence-corrected chi connectivity index (χ1v) is 12.5. The van der Waals surface area contributed by atoms with E-state index >= 15 is 0 Å². The predicted octanol–water partition coefficient (Wildman–Crippen LogP) is 5.83. The van der Waals surface area contributed by atoms with Crippen molar-refractivity contribution in [2.75, 3.05) is 18.4 Å². The third-order valence-corrected chi connectivity index (χ3v) is 7.01. The summed E-state index contributed by atoms with van der Waals surface area (Å²) in [7, 11) is 0. The van der Waals surface area contributed by atoms with Crippen LogP contribution in [-0.2, 0) is 11.2 Å². The molecule has 0 unspecified atom stereocenters. The van der Waals surface area contributed by atoms with Gasteiger partial charge < -0.3 is 15.0 Å². The number of rotatable bonds is 6. The van der Waals surface area contributed by atoms with Crippen molar-refractivity contribution in [3.05, 3.63) is 59.8 Å². The lowest BCUT2D eigenvalue weighted by Gasteiger charge is -2.23. The molecule has 3 aromatic rings. The van der Waals surface area contributed by atoms with Crippen LogP contribution in [0.15, 0.2) is 48.5 Å². The van der Waals surface area contributed by atoms with Crippen LogP contribution in [0.4, 0.5) is 19.1 Å². The highest BCUT2D eigenvalue weighted by Crippen LogP contribution is 2.35. The fourth-order valence-electron chi connectivity index (χ4n) is 5.24. The van der Waals surface area contributed by atoms with E-state index in [1.807, 2.05) is 18.2 Å². The molecule has 2 heterocycles. The zero-order chi connectivity index (χ0) is 25.1. The average molecular weight is 499 g/mol. The highest BCUT2D eigenvalue weighted by atomic mass is 19.4. The van der Waals surface area contributed by atoms with Crippen molar-refractivity contribution in [2.45, 2.75) is 63.3 Å². The second-order valence-electron chi connectivity index (χ2n) is 9.62. The largest absolute Gasteiger partial charge is 0.573 e. The number of aromatic nitrogens is 2. The maximum absolute atomic E-state index is 12.8. The summed E-state index contributed by atoms with van der Waals surface area (Å²) in [4.78, 5) is 24.3. The van der Waals surface area contributed by atoms with Crippen molar-refractivity contribution in [3.63, 3.8) is 0 Å². The van der Waals surface area contributed by atoms with Gasteiger partial charge in [0.05, 0.1) is 17.6 Å². The topological polar surface area (TPSA) is 67.3 Å². The van der Waals surface area contributed by atoms with Crippen molar-refractivity contribution in [1.29, 1.82) is 0 Å². The lowest BCUT2D eigenvalue weighted by atomic mass is 9.85. The number of ether oxygens (including phenoxy) is 1. The number of amides is 1. The zero-order valence-electron chi connectivity index (χ0n) is 19.9. The third-order valence-electron chi connectivity index (χ3n) is 7.01. The molecular weight excluding hydrogens is 469 g/mol. The van der Waals surface area contributed by atoms with E-state index in [0.717, 1.165) is 35.9 Å². The molecule has 5 rings (SSSR count). The summed E-state index contributed by atoms with van der Waals surface area (Å²) in [5.41, 5.74) is 2.69. The quantitative estimate of drug-likeness (QED) is 0.463. The highest BCUT2D eigenvalue weighted by molar-refractivity contribution is 5.82. The molecule has 1 atom stereocenters. The molecule has 1 saturated carbocycles. The van der Waals surface area contributed by atoms with Crippen molar-refractivity contribution >= 4 is 22.8 Å². The van der Waals surface area contributed by atoms with Crippen LogP contribution in [-0.4, -0.2) is 46.3 Å². The Morgan fingerprint density at radius 2 is 1.75 bits per heavy atom. The van der Waals surface area contributed by atoms with Gasteiger partial charge in [0, 0.05) is 30.4 Å². The summed E-state index contributed by atoms with van der Waals surface area (Å²) in [6.45, 7) is 1.14. The molecule has 1 amide bonds. The molecule has 9 heteroatoms. The van der Waals surface area contributed by atoms with Gasteiger partial charge in [0.15, 0.2) is 0 Å². The molecule has 1 aromatic heterocycles. The van der Waals surface area contributed by atoms with Crippen LogP contribution in [0.1, 0.15) is 55.7 Å². The minimum absolute atomic E-state index is 0.0388. The first-order chi connectivity index (χ1) is 17.3. The number of carbonyl (C=O) groups is 1. The Bertz CT molecular complexity index is 1210. The SMILES string of the molecule is O=C(Cc1ccc(OC(F)(F)F)cc1)N1CC[C@H](Nc2nc(C3CCCCC3)c3ccccc3n2)C1. The molecule has 2 aromatic carbocycles. The van der Waals surface area contributed by atoms with Crippen molar-refractivity contribution in [1.82, 2.24) is 14.9 Å². The maximum atomic E-state index is 12.8. The number of hydrogen-bond acceptors (Lipinski definition) is 5. The summed E-state index contributed by atoms with van der Waals surface area (Å²) in [5, 5.41) is 4.57. The Labute approximate surface area is 207 Å². The Kier molecular flexibility index (Phi) is 6.98. The van der Waals surface area contributed by atoms with Crippen LogP contribution < -0.4 is 10.1 Å². The van der Waals surface area contributed by atoms with Gasteiger partial charge in [-0.3, -0.25) is 4.79 Å². The molecule has 1 aliphatic carbocycles. The van der Waals surface area contributed by atoms with Crippen molar-refractivity contribution in [2.24, 2.45) is 0 Å². The third kappa shape index (κ3) is 5.88. The molecule has 1 aliphatic heterocycles. The van der Waals surface area contributed by atoms with Gasteiger partial charge in [-0.25, -0.2) is 9.97 Å². The molecule has 2 fully saturated rings.